The molecular weight excluding hydrogens is 498 g/mol. The van der Waals surface area contributed by atoms with Gasteiger partial charge in [-0.1, -0.05) is 89.6 Å². The zero-order valence-electron chi connectivity index (χ0n) is 24.0. The van der Waals surface area contributed by atoms with Crippen LogP contribution in [-0.4, -0.2) is 34.7 Å². The molecule has 0 bridgehead atoms. The van der Waals surface area contributed by atoms with Crippen LogP contribution in [-0.2, 0) is 24.8 Å². The number of para-hydroxylation sites is 1. The minimum Gasteiger partial charge on any atom is -0.292 e. The molecule has 0 atom stereocenters. The number of pyridine rings is 1. The van der Waals surface area contributed by atoms with Gasteiger partial charge < -0.3 is 0 Å². The standard InChI is InChI=1S/C32H37N7O/c1-6-8-12-25-21-39(29-23(7-2)11-9-14-27(29)32(3,4)5)31(40)38(25)20-22-15-17-24(18-16-22)26-13-10-19-33-28(26)30-34-36-37-35-30/h9-11,13-19,21H,6-8,12,20H2,1-5H3,(H,34,35,36,37). The SMILES string of the molecule is CCCCc1cn(-c2c(CC)cccc2C(C)(C)C)c(=O)n1Cc1ccc(-c2cccnc2-c2nn[nH]n2)cc1. The summed E-state index contributed by atoms with van der Waals surface area (Å²) in [5, 5.41) is 14.4. The van der Waals surface area contributed by atoms with Crippen molar-refractivity contribution in [2.24, 2.45) is 0 Å². The molecule has 0 aliphatic carbocycles. The van der Waals surface area contributed by atoms with Gasteiger partial charge in [-0.15, -0.1) is 10.2 Å². The first kappa shape index (κ1) is 27.2. The van der Waals surface area contributed by atoms with E-state index in [0.29, 0.717) is 18.1 Å². The molecule has 0 amide bonds. The first-order valence-electron chi connectivity index (χ1n) is 14.0. The second-order valence-corrected chi connectivity index (χ2v) is 11.2. The van der Waals surface area contributed by atoms with E-state index in [-0.39, 0.29) is 11.1 Å². The number of unbranched alkanes of at least 4 members (excludes halogenated alkanes) is 1. The lowest BCUT2D eigenvalue weighted by molar-refractivity contribution is 0.583. The van der Waals surface area contributed by atoms with Gasteiger partial charge in [0.2, 0.25) is 5.82 Å². The molecule has 3 aromatic heterocycles. The number of tetrazole rings is 1. The Hall–Kier alpha value is -4.33. The van der Waals surface area contributed by atoms with Crippen LogP contribution in [0.1, 0.15) is 69.8 Å². The van der Waals surface area contributed by atoms with Crippen LogP contribution < -0.4 is 5.69 Å². The highest BCUT2D eigenvalue weighted by atomic mass is 16.1. The van der Waals surface area contributed by atoms with E-state index in [0.717, 1.165) is 53.8 Å². The van der Waals surface area contributed by atoms with Gasteiger partial charge in [0.05, 0.1) is 12.2 Å². The van der Waals surface area contributed by atoms with E-state index >= 15 is 0 Å². The summed E-state index contributed by atoms with van der Waals surface area (Å²) in [6.45, 7) is 11.5. The number of rotatable bonds is 9. The summed E-state index contributed by atoms with van der Waals surface area (Å²) in [5.74, 6) is 0.454. The number of nitrogens with one attached hydrogen (secondary N) is 1. The van der Waals surface area contributed by atoms with Crippen molar-refractivity contribution in [3.8, 4) is 28.3 Å². The zero-order valence-corrected chi connectivity index (χ0v) is 24.0. The largest absolute Gasteiger partial charge is 0.333 e. The number of hydrogen-bond acceptors (Lipinski definition) is 5. The van der Waals surface area contributed by atoms with Gasteiger partial charge in [0.1, 0.15) is 5.69 Å². The van der Waals surface area contributed by atoms with Crippen molar-refractivity contribution in [2.75, 3.05) is 0 Å². The Morgan fingerprint density at radius 2 is 1.77 bits per heavy atom. The van der Waals surface area contributed by atoms with Crippen molar-refractivity contribution in [3.63, 3.8) is 0 Å². The van der Waals surface area contributed by atoms with Gasteiger partial charge in [-0.3, -0.25) is 14.1 Å². The van der Waals surface area contributed by atoms with E-state index in [2.05, 4.69) is 109 Å². The predicted molar refractivity (Wildman–Crippen MR) is 159 cm³/mol. The number of aryl methyl sites for hydroxylation is 2. The van der Waals surface area contributed by atoms with E-state index in [9.17, 15) is 4.79 Å². The van der Waals surface area contributed by atoms with Crippen LogP contribution in [0.5, 0.6) is 0 Å². The highest BCUT2D eigenvalue weighted by Crippen LogP contribution is 2.31. The Kier molecular flexibility index (Phi) is 7.78. The van der Waals surface area contributed by atoms with E-state index in [4.69, 9.17) is 0 Å². The summed E-state index contributed by atoms with van der Waals surface area (Å²) in [5.41, 5.74) is 8.04. The van der Waals surface area contributed by atoms with Crippen molar-refractivity contribution >= 4 is 0 Å². The summed E-state index contributed by atoms with van der Waals surface area (Å²) in [6, 6.07) is 18.6. The molecule has 1 N–H and O–H groups in total. The zero-order chi connectivity index (χ0) is 28.3. The third-order valence-electron chi connectivity index (χ3n) is 7.37. The summed E-state index contributed by atoms with van der Waals surface area (Å²) in [4.78, 5) is 18.5. The minimum absolute atomic E-state index is 0.00762. The molecule has 5 rings (SSSR count). The fourth-order valence-corrected chi connectivity index (χ4v) is 5.23. The lowest BCUT2D eigenvalue weighted by atomic mass is 9.84. The minimum atomic E-state index is -0.0892. The molecule has 40 heavy (non-hydrogen) atoms. The Labute approximate surface area is 235 Å². The smallest absolute Gasteiger partial charge is 0.292 e. The van der Waals surface area contributed by atoms with Gasteiger partial charge in [0.25, 0.3) is 0 Å². The molecule has 0 saturated carbocycles. The molecule has 8 nitrogen and oxygen atoms in total. The number of hydrogen-bond donors (Lipinski definition) is 1. The molecule has 5 aromatic rings. The number of H-pyrrole nitrogens is 1. The number of nitrogens with zero attached hydrogens (tertiary/aromatic N) is 6. The van der Waals surface area contributed by atoms with Crippen molar-refractivity contribution in [2.45, 2.75) is 72.3 Å². The molecule has 0 fully saturated rings. The molecule has 0 aliphatic heterocycles. The summed E-state index contributed by atoms with van der Waals surface area (Å²) in [6.07, 6.45) is 7.62. The van der Waals surface area contributed by atoms with Crippen LogP contribution in [0.25, 0.3) is 28.3 Å². The second-order valence-electron chi connectivity index (χ2n) is 11.2. The fourth-order valence-electron chi connectivity index (χ4n) is 5.23. The lowest BCUT2D eigenvalue weighted by Crippen LogP contribution is -2.27. The van der Waals surface area contributed by atoms with Crippen LogP contribution in [0.3, 0.4) is 0 Å². The van der Waals surface area contributed by atoms with E-state index < -0.39 is 0 Å². The van der Waals surface area contributed by atoms with Gasteiger partial charge in [0.15, 0.2) is 0 Å². The summed E-state index contributed by atoms with van der Waals surface area (Å²) in [7, 11) is 0. The van der Waals surface area contributed by atoms with Crippen molar-refractivity contribution in [1.29, 1.82) is 0 Å². The predicted octanol–water partition coefficient (Wildman–Crippen LogP) is 6.13. The number of aromatic nitrogens is 7. The van der Waals surface area contributed by atoms with E-state index in [1.54, 1.807) is 6.20 Å². The van der Waals surface area contributed by atoms with Crippen LogP contribution in [0, 0.1) is 0 Å². The fraction of sp³-hybridized carbons (Fsp3) is 0.344. The Morgan fingerprint density at radius 1 is 0.975 bits per heavy atom. The first-order chi connectivity index (χ1) is 19.3. The Morgan fingerprint density at radius 3 is 2.45 bits per heavy atom. The van der Waals surface area contributed by atoms with Crippen molar-refractivity contribution in [3.05, 3.63) is 99.9 Å². The number of aromatic amines is 1. The Balaban J connectivity index is 1.54. The topological polar surface area (TPSA) is 94.3 Å². The average molecular weight is 536 g/mol. The van der Waals surface area contributed by atoms with Crippen LogP contribution in [0.4, 0.5) is 0 Å². The third kappa shape index (κ3) is 5.39. The van der Waals surface area contributed by atoms with Crippen LogP contribution in [0.15, 0.2) is 71.8 Å². The van der Waals surface area contributed by atoms with E-state index in [1.165, 1.54) is 11.1 Å². The molecule has 2 aromatic carbocycles. The molecule has 0 saturated heterocycles. The normalized spacial score (nSPS) is 11.7. The highest BCUT2D eigenvalue weighted by molar-refractivity contribution is 5.77. The van der Waals surface area contributed by atoms with Gasteiger partial charge in [0, 0.05) is 23.7 Å². The molecule has 3 heterocycles. The molecule has 0 radical (unpaired) electrons. The molecule has 206 valence electrons. The van der Waals surface area contributed by atoms with Crippen molar-refractivity contribution < 1.29 is 0 Å². The van der Waals surface area contributed by atoms with Crippen molar-refractivity contribution in [1.82, 2.24) is 34.7 Å². The number of benzene rings is 2. The monoisotopic (exact) mass is 535 g/mol. The average Bonchev–Trinajstić information content (AvgIpc) is 3.60. The molecule has 0 aliphatic rings. The van der Waals surface area contributed by atoms with E-state index in [1.807, 2.05) is 21.3 Å². The van der Waals surface area contributed by atoms with Gasteiger partial charge in [-0.25, -0.2) is 4.79 Å². The lowest BCUT2D eigenvalue weighted by Gasteiger charge is -2.25. The third-order valence-corrected chi connectivity index (χ3v) is 7.37. The first-order valence-corrected chi connectivity index (χ1v) is 14.0. The Bertz CT molecular complexity index is 1640. The summed E-state index contributed by atoms with van der Waals surface area (Å²) < 4.78 is 3.84. The van der Waals surface area contributed by atoms with Gasteiger partial charge >= 0.3 is 5.69 Å². The molecule has 0 spiro atoms. The molecule has 0 unspecified atom stereocenters. The maximum Gasteiger partial charge on any atom is 0.333 e. The highest BCUT2D eigenvalue weighted by Gasteiger charge is 2.24. The van der Waals surface area contributed by atoms with Crippen LogP contribution in [0.2, 0.25) is 0 Å². The van der Waals surface area contributed by atoms with Gasteiger partial charge in [-0.2, -0.15) is 5.21 Å². The second kappa shape index (κ2) is 11.4. The maximum atomic E-state index is 14.1. The molecular formula is C32H37N7O. The van der Waals surface area contributed by atoms with Gasteiger partial charge in [-0.05, 0) is 58.2 Å². The van der Waals surface area contributed by atoms with Crippen LogP contribution >= 0.6 is 0 Å². The quantitative estimate of drug-likeness (QED) is 0.245. The molecule has 8 heteroatoms. The maximum absolute atomic E-state index is 14.1. The number of imidazole rings is 1. The summed E-state index contributed by atoms with van der Waals surface area (Å²) >= 11 is 0.